The first-order chi connectivity index (χ1) is 5.43. The maximum Gasteiger partial charge on any atom is 0.188 e. The third kappa shape index (κ3) is 2.93. The van der Waals surface area contributed by atoms with Gasteiger partial charge in [0.2, 0.25) is 0 Å². The van der Waals surface area contributed by atoms with Gasteiger partial charge in [0.1, 0.15) is 11.8 Å². The minimum absolute atomic E-state index is 0.155. The van der Waals surface area contributed by atoms with Crippen molar-refractivity contribution in [2.24, 2.45) is 0 Å². The molecule has 0 bridgehead atoms. The second-order valence-corrected chi connectivity index (χ2v) is 4.15. The van der Waals surface area contributed by atoms with Gasteiger partial charge in [0.15, 0.2) is 14.7 Å². The van der Waals surface area contributed by atoms with Gasteiger partial charge in [0, 0.05) is 6.26 Å². The maximum atomic E-state index is 10.9. The van der Waals surface area contributed by atoms with Gasteiger partial charge in [0.05, 0.1) is 6.61 Å². The molecule has 0 fully saturated rings. The number of hydrogen-bond donors (Lipinski definition) is 0. The molecule has 0 aliphatic rings. The topological polar surface area (TPSA) is 67.2 Å². The van der Waals surface area contributed by atoms with Crippen LogP contribution in [0, 0.1) is 11.3 Å². The van der Waals surface area contributed by atoms with E-state index in [1.165, 1.54) is 6.92 Å². The Labute approximate surface area is 72.4 Å². The zero-order valence-corrected chi connectivity index (χ0v) is 8.10. The summed E-state index contributed by atoms with van der Waals surface area (Å²) in [7, 11) is -3.44. The fourth-order valence-corrected chi connectivity index (χ4v) is 1.45. The Morgan fingerprint density at radius 3 is 2.33 bits per heavy atom. The van der Waals surface area contributed by atoms with E-state index in [1.807, 2.05) is 0 Å². The molecular weight excluding hydrogens is 178 g/mol. The SMILES string of the molecule is CCOC(C)=C(C#N)S(C)(=O)=O. The maximum absolute atomic E-state index is 10.9. The van der Waals surface area contributed by atoms with Gasteiger partial charge in [-0.05, 0) is 13.8 Å². The molecule has 0 aliphatic carbocycles. The molecule has 0 aromatic carbocycles. The molecule has 0 spiro atoms. The highest BCUT2D eigenvalue weighted by atomic mass is 32.2. The summed E-state index contributed by atoms with van der Waals surface area (Å²) >= 11 is 0. The van der Waals surface area contributed by atoms with E-state index >= 15 is 0 Å². The number of allylic oxidation sites excluding steroid dienone is 2. The molecule has 0 unspecified atom stereocenters. The van der Waals surface area contributed by atoms with Crippen molar-refractivity contribution in [2.75, 3.05) is 12.9 Å². The van der Waals surface area contributed by atoms with E-state index in [-0.39, 0.29) is 10.7 Å². The first-order valence-electron chi connectivity index (χ1n) is 3.37. The lowest BCUT2D eigenvalue weighted by Gasteiger charge is -2.03. The molecule has 5 heteroatoms. The first kappa shape index (κ1) is 11.0. The Balaban J connectivity index is 5.06. The van der Waals surface area contributed by atoms with Crippen LogP contribution in [0.5, 0.6) is 0 Å². The summed E-state index contributed by atoms with van der Waals surface area (Å²) in [6.07, 6.45) is 0.980. The van der Waals surface area contributed by atoms with Crippen LogP contribution in [-0.4, -0.2) is 21.3 Å². The highest BCUT2D eigenvalue weighted by molar-refractivity contribution is 7.94. The van der Waals surface area contributed by atoms with E-state index in [9.17, 15) is 8.42 Å². The third-order valence-electron chi connectivity index (χ3n) is 1.15. The lowest BCUT2D eigenvalue weighted by molar-refractivity contribution is 0.230. The van der Waals surface area contributed by atoms with Gasteiger partial charge in [-0.2, -0.15) is 5.26 Å². The molecule has 0 aliphatic heterocycles. The predicted molar refractivity (Wildman–Crippen MR) is 44.8 cm³/mol. The summed E-state index contributed by atoms with van der Waals surface area (Å²) in [6.45, 7) is 3.54. The number of ether oxygens (including phenoxy) is 1. The second-order valence-electron chi connectivity index (χ2n) is 2.20. The van der Waals surface area contributed by atoms with Crippen LogP contribution < -0.4 is 0 Å². The van der Waals surface area contributed by atoms with Crippen molar-refractivity contribution >= 4 is 9.84 Å². The van der Waals surface area contributed by atoms with Crippen molar-refractivity contribution in [1.82, 2.24) is 0 Å². The Morgan fingerprint density at radius 1 is 1.58 bits per heavy atom. The molecule has 0 N–H and O–H groups in total. The van der Waals surface area contributed by atoms with E-state index < -0.39 is 9.84 Å². The van der Waals surface area contributed by atoms with Crippen molar-refractivity contribution in [3.05, 3.63) is 10.7 Å². The number of rotatable bonds is 3. The summed E-state index contributed by atoms with van der Waals surface area (Å²) in [4.78, 5) is -0.302. The Kier molecular flexibility index (Phi) is 3.77. The monoisotopic (exact) mass is 189 g/mol. The molecule has 0 saturated carbocycles. The summed E-state index contributed by atoms with van der Waals surface area (Å²) in [5.74, 6) is 0.155. The van der Waals surface area contributed by atoms with E-state index in [0.717, 1.165) is 6.26 Å². The molecule has 4 nitrogen and oxygen atoms in total. The average molecular weight is 189 g/mol. The van der Waals surface area contributed by atoms with Gasteiger partial charge in [-0.15, -0.1) is 0 Å². The van der Waals surface area contributed by atoms with E-state index in [2.05, 4.69) is 0 Å². The van der Waals surface area contributed by atoms with Crippen LogP contribution in [0.1, 0.15) is 13.8 Å². The first-order valence-corrected chi connectivity index (χ1v) is 5.26. The predicted octanol–water partition coefficient (Wildman–Crippen LogP) is 0.823. The number of sulfone groups is 1. The molecule has 0 rings (SSSR count). The largest absolute Gasteiger partial charge is 0.496 e. The van der Waals surface area contributed by atoms with Crippen LogP contribution in [0.25, 0.3) is 0 Å². The van der Waals surface area contributed by atoms with Gasteiger partial charge in [-0.3, -0.25) is 0 Å². The lowest BCUT2D eigenvalue weighted by Crippen LogP contribution is -2.03. The van der Waals surface area contributed by atoms with Gasteiger partial charge in [-0.25, -0.2) is 8.42 Å². The van der Waals surface area contributed by atoms with Crippen LogP contribution >= 0.6 is 0 Å². The minimum atomic E-state index is -3.44. The van der Waals surface area contributed by atoms with Crippen molar-refractivity contribution in [3.8, 4) is 6.07 Å². The fourth-order valence-electron chi connectivity index (χ4n) is 0.705. The Hall–Kier alpha value is -1.02. The Bertz CT molecular complexity index is 321. The average Bonchev–Trinajstić information content (AvgIpc) is 1.85. The molecule has 0 atom stereocenters. The Morgan fingerprint density at radius 2 is 2.08 bits per heavy atom. The molecule has 0 radical (unpaired) electrons. The highest BCUT2D eigenvalue weighted by Gasteiger charge is 2.14. The van der Waals surface area contributed by atoms with E-state index in [1.54, 1.807) is 13.0 Å². The number of nitrogens with zero attached hydrogens (tertiary/aromatic N) is 1. The van der Waals surface area contributed by atoms with Gasteiger partial charge in [0.25, 0.3) is 0 Å². The lowest BCUT2D eigenvalue weighted by atomic mass is 10.5. The molecule has 0 saturated heterocycles. The third-order valence-corrected chi connectivity index (χ3v) is 2.27. The van der Waals surface area contributed by atoms with Gasteiger partial charge in [-0.1, -0.05) is 0 Å². The summed E-state index contributed by atoms with van der Waals surface area (Å²) < 4.78 is 26.7. The van der Waals surface area contributed by atoms with Crippen molar-refractivity contribution in [1.29, 1.82) is 5.26 Å². The summed E-state index contributed by atoms with van der Waals surface area (Å²) in [6, 6.07) is 1.59. The summed E-state index contributed by atoms with van der Waals surface area (Å²) in [5, 5.41) is 8.49. The standard InChI is InChI=1S/C7H11NO3S/c1-4-11-6(2)7(5-8)12(3,9)10/h4H2,1-3H3. The van der Waals surface area contributed by atoms with E-state index in [0.29, 0.717) is 6.61 Å². The quantitative estimate of drug-likeness (QED) is 0.487. The minimum Gasteiger partial charge on any atom is -0.496 e. The van der Waals surface area contributed by atoms with Gasteiger partial charge >= 0.3 is 0 Å². The molecular formula is C7H11NO3S. The van der Waals surface area contributed by atoms with Crippen LogP contribution in [0.4, 0.5) is 0 Å². The molecule has 12 heavy (non-hydrogen) atoms. The highest BCUT2D eigenvalue weighted by Crippen LogP contribution is 2.10. The van der Waals surface area contributed by atoms with Crippen LogP contribution in [0.2, 0.25) is 0 Å². The van der Waals surface area contributed by atoms with Crippen LogP contribution in [-0.2, 0) is 14.6 Å². The molecule has 0 amide bonds. The smallest absolute Gasteiger partial charge is 0.188 e. The second kappa shape index (κ2) is 4.12. The van der Waals surface area contributed by atoms with Crippen LogP contribution in [0.15, 0.2) is 10.7 Å². The zero-order valence-electron chi connectivity index (χ0n) is 7.29. The molecule has 68 valence electrons. The number of hydrogen-bond acceptors (Lipinski definition) is 4. The molecule has 0 heterocycles. The van der Waals surface area contributed by atoms with Gasteiger partial charge < -0.3 is 4.74 Å². The number of nitriles is 1. The van der Waals surface area contributed by atoms with Crippen LogP contribution in [0.3, 0.4) is 0 Å². The zero-order chi connectivity index (χ0) is 9.78. The van der Waals surface area contributed by atoms with Crippen molar-refractivity contribution in [3.63, 3.8) is 0 Å². The normalized spacial score (nSPS) is 13.2. The fraction of sp³-hybridized carbons (Fsp3) is 0.571. The van der Waals surface area contributed by atoms with E-state index in [4.69, 9.17) is 10.00 Å². The van der Waals surface area contributed by atoms with Crippen molar-refractivity contribution < 1.29 is 13.2 Å². The van der Waals surface area contributed by atoms with Crippen molar-refractivity contribution in [2.45, 2.75) is 13.8 Å². The molecule has 0 aromatic rings. The summed E-state index contributed by atoms with van der Waals surface area (Å²) in [5.41, 5.74) is 0. The molecule has 0 aromatic heterocycles.